The molecule has 1 unspecified atom stereocenters. The molecule has 0 radical (unpaired) electrons. The van der Waals surface area contributed by atoms with Gasteiger partial charge in [0.15, 0.2) is 0 Å². The largest absolute Gasteiger partial charge is 0.382 e. The first-order chi connectivity index (χ1) is 10.2. The first-order valence-corrected chi connectivity index (χ1v) is 6.83. The number of rotatable bonds is 5. The molecule has 1 aliphatic rings. The van der Waals surface area contributed by atoms with E-state index in [9.17, 15) is 4.79 Å². The molecule has 0 spiro atoms. The second-order valence-corrected chi connectivity index (χ2v) is 5.07. The number of nitrogens with one attached hydrogen (secondary N) is 1. The highest BCUT2D eigenvalue weighted by Gasteiger charge is 2.47. The summed E-state index contributed by atoms with van der Waals surface area (Å²) in [6.07, 6.45) is 4.66. The Labute approximate surface area is 123 Å². The summed E-state index contributed by atoms with van der Waals surface area (Å²) in [7, 11) is 3.23. The predicted octanol–water partition coefficient (Wildman–Crippen LogP) is 0.0753. The maximum atomic E-state index is 12.3. The molecule has 1 fully saturated rings. The van der Waals surface area contributed by atoms with Gasteiger partial charge in [-0.3, -0.25) is 9.69 Å². The van der Waals surface area contributed by atoms with Gasteiger partial charge in [0, 0.05) is 26.6 Å². The first kappa shape index (κ1) is 15.4. The second-order valence-electron chi connectivity index (χ2n) is 5.07. The van der Waals surface area contributed by atoms with E-state index in [1.807, 2.05) is 6.07 Å². The second kappa shape index (κ2) is 6.61. The minimum Gasteiger partial charge on any atom is -0.382 e. The summed E-state index contributed by atoms with van der Waals surface area (Å²) in [6.45, 7) is 1.59. The molecule has 1 N–H and O–H groups in total. The van der Waals surface area contributed by atoms with Gasteiger partial charge in [-0.25, -0.2) is 9.97 Å². The van der Waals surface area contributed by atoms with Crippen molar-refractivity contribution in [2.75, 3.05) is 27.3 Å². The van der Waals surface area contributed by atoms with Crippen molar-refractivity contribution in [2.24, 2.45) is 0 Å². The number of nitrogens with zero attached hydrogens (tertiary/aromatic N) is 4. The van der Waals surface area contributed by atoms with Crippen molar-refractivity contribution >= 4 is 5.91 Å². The average molecular weight is 289 g/mol. The van der Waals surface area contributed by atoms with Crippen LogP contribution in [0.15, 0.2) is 12.4 Å². The molecule has 1 aromatic rings. The molecule has 0 aliphatic carbocycles. The molecule has 7 heteroatoms. The molecule has 7 nitrogen and oxygen atoms in total. The topological polar surface area (TPSA) is 91.1 Å². The molecule has 1 saturated heterocycles. The zero-order chi connectivity index (χ0) is 15.3. The van der Waals surface area contributed by atoms with Crippen LogP contribution in [-0.2, 0) is 16.1 Å². The lowest BCUT2D eigenvalue weighted by Gasteiger charge is -2.35. The molecule has 1 atom stereocenters. The van der Waals surface area contributed by atoms with Gasteiger partial charge in [-0.1, -0.05) is 0 Å². The van der Waals surface area contributed by atoms with Crippen LogP contribution in [0.3, 0.4) is 0 Å². The van der Waals surface area contributed by atoms with Crippen LogP contribution in [0.25, 0.3) is 0 Å². The number of carbonyl (C=O) groups excluding carboxylic acids is 1. The van der Waals surface area contributed by atoms with Gasteiger partial charge >= 0.3 is 0 Å². The van der Waals surface area contributed by atoms with Crippen LogP contribution in [0.2, 0.25) is 0 Å². The number of methoxy groups -OCH3 is 1. The maximum absolute atomic E-state index is 12.3. The number of hydrogen-bond acceptors (Lipinski definition) is 6. The monoisotopic (exact) mass is 289 g/mol. The lowest BCUT2D eigenvalue weighted by molar-refractivity contribution is -0.135. The third kappa shape index (κ3) is 3.01. The van der Waals surface area contributed by atoms with Gasteiger partial charge < -0.3 is 10.1 Å². The zero-order valence-corrected chi connectivity index (χ0v) is 12.3. The van der Waals surface area contributed by atoms with Crippen molar-refractivity contribution in [3.05, 3.63) is 23.8 Å². The SMILES string of the molecule is CNC(=O)C1(COC)CCCN1Cc1ncc(C#N)cn1. The fourth-order valence-corrected chi connectivity index (χ4v) is 2.79. The van der Waals surface area contributed by atoms with E-state index < -0.39 is 5.54 Å². The van der Waals surface area contributed by atoms with E-state index in [-0.39, 0.29) is 5.91 Å². The Hall–Kier alpha value is -2.04. The third-order valence-electron chi connectivity index (χ3n) is 3.82. The quantitative estimate of drug-likeness (QED) is 0.825. The highest BCUT2D eigenvalue weighted by atomic mass is 16.5. The number of likely N-dealkylation sites (tertiary alicyclic amines) is 1. The van der Waals surface area contributed by atoms with Crippen molar-refractivity contribution in [2.45, 2.75) is 24.9 Å². The van der Waals surface area contributed by atoms with E-state index in [0.29, 0.717) is 24.5 Å². The van der Waals surface area contributed by atoms with E-state index in [1.165, 1.54) is 12.4 Å². The van der Waals surface area contributed by atoms with Crippen LogP contribution in [0.4, 0.5) is 0 Å². The number of likely N-dealkylation sites (N-methyl/N-ethyl adjacent to an activating group) is 1. The van der Waals surface area contributed by atoms with E-state index in [0.717, 1.165) is 19.4 Å². The number of amides is 1. The van der Waals surface area contributed by atoms with Gasteiger partial charge in [-0.05, 0) is 19.4 Å². The molecule has 112 valence electrons. The highest BCUT2D eigenvalue weighted by Crippen LogP contribution is 2.31. The Balaban J connectivity index is 2.19. The summed E-state index contributed by atoms with van der Waals surface area (Å²) in [5.74, 6) is 0.552. The standard InChI is InChI=1S/C14H19N5O2/c1-16-13(20)14(10-21-2)4-3-5-19(14)9-12-17-7-11(6-15)8-18-12/h7-8H,3-5,9-10H2,1-2H3,(H,16,20). The Bertz CT molecular complexity index is 539. The normalized spacial score (nSPS) is 22.0. The van der Waals surface area contributed by atoms with Gasteiger partial charge in [-0.15, -0.1) is 0 Å². The summed E-state index contributed by atoms with van der Waals surface area (Å²) >= 11 is 0. The minimum absolute atomic E-state index is 0.0458. The lowest BCUT2D eigenvalue weighted by atomic mass is 9.96. The van der Waals surface area contributed by atoms with Crippen LogP contribution >= 0.6 is 0 Å². The van der Waals surface area contributed by atoms with E-state index >= 15 is 0 Å². The Morgan fingerprint density at radius 1 is 1.57 bits per heavy atom. The number of hydrogen-bond donors (Lipinski definition) is 1. The Morgan fingerprint density at radius 2 is 2.29 bits per heavy atom. The summed E-state index contributed by atoms with van der Waals surface area (Å²) in [5.41, 5.74) is -0.240. The predicted molar refractivity (Wildman–Crippen MR) is 75.1 cm³/mol. The summed E-state index contributed by atoms with van der Waals surface area (Å²) in [5, 5.41) is 11.5. The summed E-state index contributed by atoms with van der Waals surface area (Å²) in [6, 6.07) is 1.99. The molecular formula is C14H19N5O2. The average Bonchev–Trinajstić information content (AvgIpc) is 2.91. The maximum Gasteiger partial charge on any atom is 0.242 e. The molecule has 0 bridgehead atoms. The van der Waals surface area contributed by atoms with Crippen molar-refractivity contribution in [3.63, 3.8) is 0 Å². The van der Waals surface area contributed by atoms with Crippen molar-refractivity contribution in [1.82, 2.24) is 20.2 Å². The minimum atomic E-state index is -0.666. The van der Waals surface area contributed by atoms with E-state index in [4.69, 9.17) is 10.00 Å². The van der Waals surface area contributed by atoms with Crippen LogP contribution < -0.4 is 5.32 Å². The van der Waals surface area contributed by atoms with Gasteiger partial charge in [-0.2, -0.15) is 5.26 Å². The van der Waals surface area contributed by atoms with Crippen molar-refractivity contribution in [3.8, 4) is 6.07 Å². The Morgan fingerprint density at radius 3 is 2.86 bits per heavy atom. The van der Waals surface area contributed by atoms with Crippen LogP contribution in [0.5, 0.6) is 0 Å². The molecule has 0 aromatic carbocycles. The smallest absolute Gasteiger partial charge is 0.242 e. The Kier molecular flexibility index (Phi) is 4.83. The molecular weight excluding hydrogens is 270 g/mol. The number of nitriles is 1. The number of aromatic nitrogens is 2. The fourth-order valence-electron chi connectivity index (χ4n) is 2.79. The highest BCUT2D eigenvalue weighted by molar-refractivity contribution is 5.86. The van der Waals surface area contributed by atoms with Crippen molar-refractivity contribution < 1.29 is 9.53 Å². The first-order valence-electron chi connectivity index (χ1n) is 6.83. The van der Waals surface area contributed by atoms with Crippen LogP contribution in [0, 0.1) is 11.3 Å². The zero-order valence-electron chi connectivity index (χ0n) is 12.3. The van der Waals surface area contributed by atoms with Crippen molar-refractivity contribution in [1.29, 1.82) is 5.26 Å². The summed E-state index contributed by atoms with van der Waals surface area (Å²) in [4.78, 5) is 22.7. The van der Waals surface area contributed by atoms with Crippen LogP contribution in [0.1, 0.15) is 24.2 Å². The van der Waals surface area contributed by atoms with Crippen LogP contribution in [-0.4, -0.2) is 53.6 Å². The molecule has 21 heavy (non-hydrogen) atoms. The summed E-state index contributed by atoms with van der Waals surface area (Å²) < 4.78 is 5.27. The van der Waals surface area contributed by atoms with Gasteiger partial charge in [0.05, 0.1) is 18.7 Å². The molecule has 1 aromatic heterocycles. The molecule has 1 aliphatic heterocycles. The van der Waals surface area contributed by atoms with Gasteiger partial charge in [0.1, 0.15) is 17.4 Å². The number of ether oxygens (including phenoxy) is 1. The fraction of sp³-hybridized carbons (Fsp3) is 0.571. The third-order valence-corrected chi connectivity index (χ3v) is 3.82. The van der Waals surface area contributed by atoms with Gasteiger partial charge in [0.2, 0.25) is 5.91 Å². The molecule has 0 saturated carbocycles. The number of carbonyl (C=O) groups is 1. The molecule has 1 amide bonds. The molecule has 2 heterocycles. The van der Waals surface area contributed by atoms with Gasteiger partial charge in [0.25, 0.3) is 0 Å². The van der Waals surface area contributed by atoms with E-state index in [1.54, 1.807) is 14.2 Å². The lowest BCUT2D eigenvalue weighted by Crippen LogP contribution is -2.57. The molecule has 2 rings (SSSR count). The van der Waals surface area contributed by atoms with E-state index in [2.05, 4.69) is 20.2 Å².